The van der Waals surface area contributed by atoms with Crippen molar-refractivity contribution in [2.75, 3.05) is 13.8 Å². The molecule has 1 aliphatic rings. The molecule has 0 bridgehead atoms. The molecule has 14 heteroatoms. The number of likely N-dealkylation sites (N-methyl/N-ethyl adjacent to an activating group) is 1. The van der Waals surface area contributed by atoms with Gasteiger partial charge in [-0.3, -0.25) is 0 Å². The third-order valence-electron chi connectivity index (χ3n) is 5.24. The molecule has 0 fully saturated rings. The molecule has 0 unspecified atom stereocenters. The maximum atomic E-state index is 13.7. The van der Waals surface area contributed by atoms with Crippen LogP contribution < -0.4 is 4.74 Å². The van der Waals surface area contributed by atoms with Crippen LogP contribution in [0.5, 0.6) is 5.75 Å². The van der Waals surface area contributed by atoms with Crippen molar-refractivity contribution in [1.82, 2.24) is 5.01 Å². The van der Waals surface area contributed by atoms with Gasteiger partial charge < -0.3 is 24.6 Å². The fourth-order valence-corrected chi connectivity index (χ4v) is 3.30. The van der Waals surface area contributed by atoms with Gasteiger partial charge in [0.15, 0.2) is 5.54 Å². The number of carbonyl (C=O) groups excluding carboxylic acids is 1. The number of hydrogen-bond acceptors (Lipinski definition) is 7. The minimum absolute atomic E-state index is 0.101. The first-order valence-corrected chi connectivity index (χ1v) is 10.5. The van der Waals surface area contributed by atoms with E-state index in [0.29, 0.717) is 10.6 Å². The van der Waals surface area contributed by atoms with Gasteiger partial charge in [0, 0.05) is 10.6 Å². The van der Waals surface area contributed by atoms with Crippen LogP contribution in [0.1, 0.15) is 45.7 Å². The first-order valence-electron chi connectivity index (χ1n) is 10.1. The van der Waals surface area contributed by atoms with Crippen LogP contribution in [0.15, 0.2) is 23.0 Å². The van der Waals surface area contributed by atoms with Crippen molar-refractivity contribution in [3.05, 3.63) is 39.1 Å². The Bertz CT molecular complexity index is 1070. The Balaban J connectivity index is 2.22. The second-order valence-corrected chi connectivity index (χ2v) is 9.57. The number of carbonyl (C=O) groups is 2. The number of aliphatic carboxylic acids is 1. The zero-order valence-electron chi connectivity index (χ0n) is 19.8. The Kier molecular flexibility index (Phi) is 7.84. The number of carboxylic acids is 1. The number of hydrazine groups is 1. The van der Waals surface area contributed by atoms with Gasteiger partial charge in [-0.2, -0.15) is 13.2 Å². The molecule has 1 atom stereocenters. The number of halogens is 4. The van der Waals surface area contributed by atoms with Crippen molar-refractivity contribution in [2.45, 2.75) is 57.9 Å². The number of benzene rings is 1. The Labute approximate surface area is 204 Å². The van der Waals surface area contributed by atoms with Gasteiger partial charge in [0.05, 0.1) is 17.6 Å². The summed E-state index contributed by atoms with van der Waals surface area (Å²) in [6.45, 7) is 6.90. The molecule has 0 saturated heterocycles. The third kappa shape index (κ3) is 6.27. The number of ether oxygens (including phenoxy) is 2. The van der Waals surface area contributed by atoms with E-state index in [1.165, 1.54) is 26.0 Å². The van der Waals surface area contributed by atoms with Gasteiger partial charge in [0.2, 0.25) is 11.4 Å². The molecule has 0 radical (unpaired) electrons. The highest BCUT2D eigenvalue weighted by Gasteiger charge is 2.49. The van der Waals surface area contributed by atoms with Crippen LogP contribution in [-0.4, -0.2) is 58.7 Å². The van der Waals surface area contributed by atoms with Gasteiger partial charge in [-0.25, -0.2) is 9.59 Å². The first kappa shape index (κ1) is 28.0. The maximum Gasteiger partial charge on any atom is 0.430 e. The van der Waals surface area contributed by atoms with Gasteiger partial charge >= 0.3 is 18.1 Å². The molecule has 0 aliphatic carbocycles. The topological polar surface area (TPSA) is 124 Å². The van der Waals surface area contributed by atoms with E-state index < -0.39 is 47.5 Å². The van der Waals surface area contributed by atoms with E-state index in [1.54, 1.807) is 0 Å². The molecule has 0 saturated carbocycles. The monoisotopic (exact) mass is 523 g/mol. The van der Waals surface area contributed by atoms with Gasteiger partial charge in [-0.1, -0.05) is 32.4 Å². The fraction of sp³-hybridized carbons (Fsp3) is 0.524. The van der Waals surface area contributed by atoms with E-state index in [-0.39, 0.29) is 21.3 Å². The normalized spacial score (nSPS) is 16.6. The van der Waals surface area contributed by atoms with Crippen LogP contribution >= 0.6 is 11.6 Å². The zero-order chi connectivity index (χ0) is 26.9. The predicted octanol–water partition coefficient (Wildman–Crippen LogP) is 4.45. The lowest BCUT2D eigenvalue weighted by Gasteiger charge is -2.30. The summed E-state index contributed by atoms with van der Waals surface area (Å²) in [6, 6.07) is 2.79. The summed E-state index contributed by atoms with van der Waals surface area (Å²) in [5.41, 5.74) is -2.29. The van der Waals surface area contributed by atoms with Crippen molar-refractivity contribution in [3.8, 4) is 5.75 Å². The van der Waals surface area contributed by atoms with Crippen molar-refractivity contribution in [1.29, 1.82) is 0 Å². The molecule has 10 nitrogen and oxygen atoms in total. The number of carboxylic acid groups (broad SMARTS) is 1. The Hall–Kier alpha value is -3.22. The van der Waals surface area contributed by atoms with Crippen molar-refractivity contribution in [3.63, 3.8) is 0 Å². The highest BCUT2D eigenvalue weighted by Crippen LogP contribution is 2.42. The average Bonchev–Trinajstić information content (AvgIpc) is 2.72. The quantitative estimate of drug-likeness (QED) is 0.139. The number of esters is 1. The van der Waals surface area contributed by atoms with E-state index in [2.05, 4.69) is 14.9 Å². The third-order valence-corrected chi connectivity index (χ3v) is 5.55. The minimum Gasteiger partial charge on any atom is -0.569 e. The Morgan fingerprint density at radius 2 is 1.86 bits per heavy atom. The van der Waals surface area contributed by atoms with Gasteiger partial charge in [-0.15, -0.1) is 5.01 Å². The number of hydrogen-bond donors (Lipinski definition) is 1. The van der Waals surface area contributed by atoms with Crippen LogP contribution in [0, 0.1) is 5.21 Å². The summed E-state index contributed by atoms with van der Waals surface area (Å²) < 4.78 is 50.8. The van der Waals surface area contributed by atoms with E-state index >= 15 is 0 Å². The van der Waals surface area contributed by atoms with Gasteiger partial charge in [-0.05, 0) is 43.0 Å². The predicted molar refractivity (Wildman–Crippen MR) is 116 cm³/mol. The molecule has 1 heterocycles. The van der Waals surface area contributed by atoms with Crippen LogP contribution in [0.2, 0.25) is 5.02 Å². The summed E-state index contributed by atoms with van der Waals surface area (Å²) in [7, 11) is 1.12. The van der Waals surface area contributed by atoms with Crippen LogP contribution in [0.4, 0.5) is 13.2 Å². The summed E-state index contributed by atoms with van der Waals surface area (Å²) in [4.78, 5) is 27.9. The molecule has 194 valence electrons. The zero-order valence-corrected chi connectivity index (χ0v) is 20.5. The second kappa shape index (κ2) is 9.80. The number of fused-ring (bicyclic) bond motifs is 1. The minimum atomic E-state index is -4.95. The molecule has 0 spiro atoms. The Morgan fingerprint density at radius 3 is 2.37 bits per heavy atom. The summed E-state index contributed by atoms with van der Waals surface area (Å²) >= 11 is 6.28. The van der Waals surface area contributed by atoms with E-state index in [9.17, 15) is 28.0 Å². The molecular formula is C21H25ClF3N3O7. The summed E-state index contributed by atoms with van der Waals surface area (Å²) in [5, 5.41) is 24.9. The Morgan fingerprint density at radius 1 is 1.26 bits per heavy atom. The maximum absolute atomic E-state index is 13.7. The van der Waals surface area contributed by atoms with Gasteiger partial charge in [0.25, 0.3) is 6.79 Å². The fourth-order valence-electron chi connectivity index (χ4n) is 2.84. The van der Waals surface area contributed by atoms with Crippen LogP contribution in [0.3, 0.4) is 0 Å². The highest BCUT2D eigenvalue weighted by atomic mass is 35.5. The summed E-state index contributed by atoms with van der Waals surface area (Å²) in [6.07, 6.45) is -6.61. The number of alkyl halides is 3. The molecule has 1 aliphatic heterocycles. The van der Waals surface area contributed by atoms with Crippen LogP contribution in [-0.2, 0) is 24.6 Å². The number of nitrogens with zero attached hydrogens (tertiary/aromatic N) is 3. The molecule has 0 aromatic heterocycles. The van der Waals surface area contributed by atoms with Crippen molar-refractivity contribution in [2.24, 2.45) is 5.28 Å². The van der Waals surface area contributed by atoms with Crippen LogP contribution in [0.25, 0.3) is 6.08 Å². The van der Waals surface area contributed by atoms with Crippen molar-refractivity contribution < 1.29 is 47.1 Å². The molecule has 2 rings (SSSR count). The van der Waals surface area contributed by atoms with E-state index in [1.807, 2.05) is 20.8 Å². The lowest BCUT2D eigenvalue weighted by molar-refractivity contribution is -0.718. The smallest absolute Gasteiger partial charge is 0.430 e. The molecule has 35 heavy (non-hydrogen) atoms. The first-order chi connectivity index (χ1) is 15.9. The lowest BCUT2D eigenvalue weighted by Crippen LogP contribution is -2.50. The standard InChI is InChI=1S/C21H25ClF3N3O7/c1-19(2,3)13-9-15-11(8-14(13)22)7-12(16(35-15)21(23,24)25)17(29)33-10-34-26-28(32)27(6)20(4,5)18(30)31/h7-9,16H,10H2,1-6H3,(H,30,31)/b28-26-/t16-/m0/s1. The largest absolute Gasteiger partial charge is 0.569 e. The van der Waals surface area contributed by atoms with E-state index in [0.717, 1.165) is 13.1 Å². The van der Waals surface area contributed by atoms with E-state index in [4.69, 9.17) is 21.4 Å². The van der Waals surface area contributed by atoms with Gasteiger partial charge in [0.1, 0.15) is 5.75 Å². The molecule has 1 N–H and O–H groups in total. The molecule has 1 aromatic carbocycles. The lowest BCUT2D eigenvalue weighted by atomic mass is 9.85. The van der Waals surface area contributed by atoms with Crippen molar-refractivity contribution >= 4 is 29.6 Å². The SMILES string of the molecule is CN(/[N+]([O-])=N/OCOC(=O)C1=Cc2cc(Cl)c(C(C)(C)C)cc2O[C@@H]1C(F)(F)F)C(C)(C)C(=O)O. The second-order valence-electron chi connectivity index (χ2n) is 9.16. The summed E-state index contributed by atoms with van der Waals surface area (Å²) in [5.74, 6) is -2.86. The molecular weight excluding hydrogens is 499 g/mol. The number of rotatable bonds is 7. The highest BCUT2D eigenvalue weighted by molar-refractivity contribution is 6.31. The molecule has 1 aromatic rings. The molecule has 0 amide bonds. The average molecular weight is 524 g/mol.